The van der Waals surface area contributed by atoms with E-state index in [1.54, 1.807) is 0 Å². The summed E-state index contributed by atoms with van der Waals surface area (Å²) in [6.45, 7) is 11.4. The van der Waals surface area contributed by atoms with E-state index in [4.69, 9.17) is 4.74 Å². The topological polar surface area (TPSA) is 21.3 Å². The average molecular weight is 281 g/mol. The van der Waals surface area contributed by atoms with Crippen molar-refractivity contribution in [2.24, 2.45) is 11.8 Å². The number of rotatable bonds is 4. The molecule has 0 aromatic rings. The Morgan fingerprint density at radius 1 is 1.20 bits per heavy atom. The molecule has 0 aromatic heterocycles. The van der Waals surface area contributed by atoms with Gasteiger partial charge in [-0.1, -0.05) is 26.2 Å². The molecule has 1 saturated carbocycles. The van der Waals surface area contributed by atoms with Gasteiger partial charge in [-0.25, -0.2) is 0 Å². The molecular formula is C18H35NO. The van der Waals surface area contributed by atoms with Crippen LogP contribution < -0.4 is 5.32 Å². The number of nitrogens with one attached hydrogen (secondary N) is 1. The molecule has 1 saturated heterocycles. The summed E-state index contributed by atoms with van der Waals surface area (Å²) in [5.74, 6) is 1.70. The third-order valence-corrected chi connectivity index (χ3v) is 5.36. The van der Waals surface area contributed by atoms with Gasteiger partial charge in [-0.2, -0.15) is 0 Å². The monoisotopic (exact) mass is 281 g/mol. The molecule has 2 rings (SSSR count). The van der Waals surface area contributed by atoms with Crippen molar-refractivity contribution in [1.29, 1.82) is 0 Å². The van der Waals surface area contributed by atoms with Gasteiger partial charge in [-0.3, -0.25) is 0 Å². The first-order chi connectivity index (χ1) is 9.40. The molecule has 1 aliphatic carbocycles. The SMILES string of the molecule is CC(CCNC(C)(C)C)C1CCOC2(CCCCC2)C1. The molecule has 0 radical (unpaired) electrons. The Hall–Kier alpha value is -0.0800. The van der Waals surface area contributed by atoms with Crippen LogP contribution in [0.3, 0.4) is 0 Å². The van der Waals surface area contributed by atoms with Crippen molar-refractivity contribution in [3.8, 4) is 0 Å². The third kappa shape index (κ3) is 4.73. The van der Waals surface area contributed by atoms with Crippen LogP contribution in [0.4, 0.5) is 0 Å². The highest BCUT2D eigenvalue weighted by molar-refractivity contribution is 4.91. The summed E-state index contributed by atoms with van der Waals surface area (Å²) >= 11 is 0. The smallest absolute Gasteiger partial charge is 0.0685 e. The summed E-state index contributed by atoms with van der Waals surface area (Å²) < 4.78 is 6.23. The number of hydrogen-bond donors (Lipinski definition) is 1. The van der Waals surface area contributed by atoms with E-state index in [-0.39, 0.29) is 11.1 Å². The lowest BCUT2D eigenvalue weighted by Gasteiger charge is -2.45. The molecule has 2 nitrogen and oxygen atoms in total. The van der Waals surface area contributed by atoms with Crippen molar-refractivity contribution in [2.75, 3.05) is 13.2 Å². The summed E-state index contributed by atoms with van der Waals surface area (Å²) in [6, 6.07) is 0. The van der Waals surface area contributed by atoms with Crippen molar-refractivity contribution >= 4 is 0 Å². The van der Waals surface area contributed by atoms with E-state index in [2.05, 4.69) is 33.0 Å². The van der Waals surface area contributed by atoms with Gasteiger partial charge in [0.05, 0.1) is 5.60 Å². The molecule has 118 valence electrons. The molecule has 0 aromatic carbocycles. The second kappa shape index (κ2) is 6.79. The first-order valence-electron chi connectivity index (χ1n) is 8.79. The van der Waals surface area contributed by atoms with Gasteiger partial charge in [0, 0.05) is 12.1 Å². The van der Waals surface area contributed by atoms with Gasteiger partial charge in [-0.15, -0.1) is 0 Å². The summed E-state index contributed by atoms with van der Waals surface area (Å²) in [5, 5.41) is 3.63. The second-order valence-electron chi connectivity index (χ2n) is 8.29. The standard InChI is InChI=1S/C18H35NO/c1-15(8-12-19-17(2,3)4)16-9-13-20-18(14-16)10-6-5-7-11-18/h15-16,19H,5-14H2,1-4H3. The molecule has 0 amide bonds. The van der Waals surface area contributed by atoms with Gasteiger partial charge in [-0.05, 0) is 71.3 Å². The molecule has 1 aliphatic heterocycles. The molecule has 0 bridgehead atoms. The third-order valence-electron chi connectivity index (χ3n) is 5.36. The quantitative estimate of drug-likeness (QED) is 0.817. The van der Waals surface area contributed by atoms with Gasteiger partial charge in [0.2, 0.25) is 0 Å². The van der Waals surface area contributed by atoms with Crippen molar-refractivity contribution in [3.63, 3.8) is 0 Å². The van der Waals surface area contributed by atoms with Crippen LogP contribution in [0, 0.1) is 11.8 Å². The lowest BCUT2D eigenvalue weighted by Crippen LogP contribution is -2.43. The van der Waals surface area contributed by atoms with E-state index in [0.717, 1.165) is 25.0 Å². The fourth-order valence-corrected chi connectivity index (χ4v) is 4.01. The second-order valence-corrected chi connectivity index (χ2v) is 8.29. The lowest BCUT2D eigenvalue weighted by molar-refractivity contribution is -0.124. The van der Waals surface area contributed by atoms with E-state index >= 15 is 0 Å². The maximum Gasteiger partial charge on any atom is 0.0685 e. The molecule has 1 spiro atoms. The fraction of sp³-hybridized carbons (Fsp3) is 1.00. The summed E-state index contributed by atoms with van der Waals surface area (Å²) in [7, 11) is 0. The summed E-state index contributed by atoms with van der Waals surface area (Å²) in [6.07, 6.45) is 10.7. The minimum absolute atomic E-state index is 0.250. The minimum Gasteiger partial charge on any atom is -0.375 e. The lowest BCUT2D eigenvalue weighted by atomic mass is 9.72. The molecule has 2 fully saturated rings. The van der Waals surface area contributed by atoms with E-state index < -0.39 is 0 Å². The summed E-state index contributed by atoms with van der Waals surface area (Å²) in [4.78, 5) is 0. The van der Waals surface area contributed by atoms with Crippen LogP contribution in [-0.2, 0) is 4.74 Å². The molecule has 1 N–H and O–H groups in total. The van der Waals surface area contributed by atoms with Crippen LogP contribution in [0.15, 0.2) is 0 Å². The predicted octanol–water partition coefficient (Wildman–Crippen LogP) is 4.53. The Kier molecular flexibility index (Phi) is 5.53. The van der Waals surface area contributed by atoms with E-state index in [0.29, 0.717) is 0 Å². The van der Waals surface area contributed by atoms with E-state index in [1.165, 1.54) is 51.4 Å². The largest absolute Gasteiger partial charge is 0.375 e. The van der Waals surface area contributed by atoms with Gasteiger partial charge in [0.1, 0.15) is 0 Å². The van der Waals surface area contributed by atoms with Gasteiger partial charge in [0.15, 0.2) is 0 Å². The van der Waals surface area contributed by atoms with Gasteiger partial charge in [0.25, 0.3) is 0 Å². The van der Waals surface area contributed by atoms with Crippen LogP contribution in [0.5, 0.6) is 0 Å². The predicted molar refractivity (Wildman–Crippen MR) is 86.0 cm³/mol. The Morgan fingerprint density at radius 2 is 1.90 bits per heavy atom. The Labute approximate surface area is 126 Å². The van der Waals surface area contributed by atoms with E-state index in [1.807, 2.05) is 0 Å². The maximum absolute atomic E-state index is 6.23. The van der Waals surface area contributed by atoms with Gasteiger partial charge < -0.3 is 10.1 Å². The number of ether oxygens (including phenoxy) is 1. The van der Waals surface area contributed by atoms with Gasteiger partial charge >= 0.3 is 0 Å². The first kappa shape index (κ1) is 16.3. The molecule has 2 aliphatic rings. The molecule has 2 unspecified atom stereocenters. The Bertz CT molecular complexity index is 283. The zero-order valence-corrected chi connectivity index (χ0v) is 14.1. The minimum atomic E-state index is 0.250. The Balaban J connectivity index is 1.79. The van der Waals surface area contributed by atoms with E-state index in [9.17, 15) is 0 Å². The molecule has 2 atom stereocenters. The zero-order chi connectivity index (χ0) is 14.6. The van der Waals surface area contributed by atoms with Crippen LogP contribution >= 0.6 is 0 Å². The fourth-order valence-electron chi connectivity index (χ4n) is 4.01. The van der Waals surface area contributed by atoms with Crippen LogP contribution in [0.1, 0.15) is 79.1 Å². The summed E-state index contributed by atoms with van der Waals surface area (Å²) in [5.41, 5.74) is 0.521. The maximum atomic E-state index is 6.23. The molecule has 1 heterocycles. The highest BCUT2D eigenvalue weighted by Gasteiger charge is 2.39. The molecular weight excluding hydrogens is 246 g/mol. The van der Waals surface area contributed by atoms with Crippen LogP contribution in [-0.4, -0.2) is 24.3 Å². The zero-order valence-electron chi connectivity index (χ0n) is 14.1. The van der Waals surface area contributed by atoms with Crippen molar-refractivity contribution in [3.05, 3.63) is 0 Å². The van der Waals surface area contributed by atoms with Crippen molar-refractivity contribution in [2.45, 2.75) is 90.2 Å². The number of hydrogen-bond acceptors (Lipinski definition) is 2. The average Bonchev–Trinajstić information content (AvgIpc) is 2.38. The normalized spacial score (nSPS) is 28.5. The van der Waals surface area contributed by atoms with Crippen LogP contribution in [0.25, 0.3) is 0 Å². The molecule has 2 heteroatoms. The van der Waals surface area contributed by atoms with Crippen molar-refractivity contribution in [1.82, 2.24) is 5.32 Å². The van der Waals surface area contributed by atoms with Crippen molar-refractivity contribution < 1.29 is 4.74 Å². The van der Waals surface area contributed by atoms with Crippen LogP contribution in [0.2, 0.25) is 0 Å². The highest BCUT2D eigenvalue weighted by Crippen LogP contribution is 2.43. The first-order valence-corrected chi connectivity index (χ1v) is 8.79. The highest BCUT2D eigenvalue weighted by atomic mass is 16.5. The Morgan fingerprint density at radius 3 is 2.55 bits per heavy atom. The molecule has 20 heavy (non-hydrogen) atoms.